The normalized spacial score (nSPS) is 11.1. The fourth-order valence-corrected chi connectivity index (χ4v) is 3.69. The number of unbranched alkanes of at least 4 members (excludes halogenated alkanes) is 14. The van der Waals surface area contributed by atoms with Gasteiger partial charge in [-0.25, -0.2) is 0 Å². The van der Waals surface area contributed by atoms with Crippen molar-refractivity contribution in [3.8, 4) is 0 Å². The highest BCUT2D eigenvalue weighted by atomic mass is 16.3. The number of rotatable bonds is 22. The summed E-state index contributed by atoms with van der Waals surface area (Å²) in [6, 6.07) is 0. The van der Waals surface area contributed by atoms with Gasteiger partial charge in [0.25, 0.3) is 0 Å². The molecule has 0 atom stereocenters. The Morgan fingerprint density at radius 2 is 0.929 bits per heavy atom. The number of nitrogens with zero attached hydrogens (tertiary/aromatic N) is 1. The molecule has 0 aliphatic heterocycles. The minimum Gasteiger partial charge on any atom is -0.396 e. The molecule has 2 N–H and O–H groups in total. The van der Waals surface area contributed by atoms with E-state index in [-0.39, 0.29) is 19.1 Å². The van der Waals surface area contributed by atoms with Crippen molar-refractivity contribution in [1.82, 2.24) is 4.90 Å². The maximum absolute atomic E-state index is 12.3. The first-order chi connectivity index (χ1) is 13.8. The van der Waals surface area contributed by atoms with Gasteiger partial charge in [0.2, 0.25) is 5.91 Å². The number of carbonyl (C=O) groups is 1. The van der Waals surface area contributed by atoms with Crippen molar-refractivity contribution in [2.24, 2.45) is 0 Å². The Balaban J connectivity index is 3.42. The number of hydrogen-bond acceptors (Lipinski definition) is 3. The van der Waals surface area contributed by atoms with Crippen molar-refractivity contribution < 1.29 is 15.0 Å². The van der Waals surface area contributed by atoms with Crippen LogP contribution in [0.25, 0.3) is 0 Å². The Labute approximate surface area is 175 Å². The van der Waals surface area contributed by atoms with Gasteiger partial charge in [0.1, 0.15) is 0 Å². The minimum absolute atomic E-state index is 0.113. The number of hydrogen-bond donors (Lipinski definition) is 2. The van der Waals surface area contributed by atoms with Gasteiger partial charge in [0.05, 0.1) is 0 Å². The molecule has 0 saturated heterocycles. The monoisotopic (exact) mass is 399 g/mol. The quantitative estimate of drug-likeness (QED) is 0.225. The summed E-state index contributed by atoms with van der Waals surface area (Å²) < 4.78 is 0. The summed E-state index contributed by atoms with van der Waals surface area (Å²) >= 11 is 0. The first kappa shape index (κ1) is 27.4. The number of aliphatic hydroxyl groups is 2. The molecule has 1 amide bonds. The molecule has 0 radical (unpaired) electrons. The number of amides is 1. The van der Waals surface area contributed by atoms with Gasteiger partial charge in [0.15, 0.2) is 0 Å². The first-order valence-electron chi connectivity index (χ1n) is 12.3. The van der Waals surface area contributed by atoms with Crippen molar-refractivity contribution in [1.29, 1.82) is 0 Å². The van der Waals surface area contributed by atoms with E-state index in [0.29, 0.717) is 32.4 Å². The second-order valence-corrected chi connectivity index (χ2v) is 8.23. The predicted octanol–water partition coefficient (Wildman–Crippen LogP) is 5.84. The van der Waals surface area contributed by atoms with Gasteiger partial charge in [-0.3, -0.25) is 4.79 Å². The Morgan fingerprint density at radius 3 is 1.29 bits per heavy atom. The van der Waals surface area contributed by atoms with Gasteiger partial charge in [-0.2, -0.15) is 0 Å². The van der Waals surface area contributed by atoms with E-state index in [1.165, 1.54) is 83.5 Å². The Morgan fingerprint density at radius 1 is 0.571 bits per heavy atom. The van der Waals surface area contributed by atoms with Crippen LogP contribution in [0.2, 0.25) is 0 Å². The van der Waals surface area contributed by atoms with Crippen molar-refractivity contribution in [3.63, 3.8) is 0 Å². The fraction of sp³-hybridized carbons (Fsp3) is 0.958. The average Bonchev–Trinajstić information content (AvgIpc) is 2.70. The summed E-state index contributed by atoms with van der Waals surface area (Å²) in [5.41, 5.74) is 0. The lowest BCUT2D eigenvalue weighted by molar-refractivity contribution is -0.131. The molecule has 0 aromatic carbocycles. The lowest BCUT2D eigenvalue weighted by atomic mass is 10.0. The molecule has 0 fully saturated rings. The molecule has 0 aromatic rings. The van der Waals surface area contributed by atoms with Crippen molar-refractivity contribution in [3.05, 3.63) is 0 Å². The molecule has 4 nitrogen and oxygen atoms in total. The lowest BCUT2D eigenvalue weighted by Crippen LogP contribution is -2.33. The zero-order valence-corrected chi connectivity index (χ0v) is 18.8. The number of aliphatic hydroxyl groups excluding tert-OH is 2. The summed E-state index contributed by atoms with van der Waals surface area (Å²) in [7, 11) is 0. The lowest BCUT2D eigenvalue weighted by Gasteiger charge is -2.22. The van der Waals surface area contributed by atoms with Gasteiger partial charge in [-0.15, -0.1) is 0 Å². The highest BCUT2D eigenvalue weighted by Crippen LogP contribution is 2.14. The maximum Gasteiger partial charge on any atom is 0.222 e. The van der Waals surface area contributed by atoms with Crippen LogP contribution >= 0.6 is 0 Å². The van der Waals surface area contributed by atoms with Crippen LogP contribution in [0.3, 0.4) is 0 Å². The second-order valence-electron chi connectivity index (χ2n) is 8.23. The molecular formula is C24H49NO3. The average molecular weight is 400 g/mol. The molecule has 4 heteroatoms. The third-order valence-electron chi connectivity index (χ3n) is 5.52. The van der Waals surface area contributed by atoms with Crippen molar-refractivity contribution in [2.45, 2.75) is 122 Å². The molecule has 0 aliphatic carbocycles. The van der Waals surface area contributed by atoms with E-state index in [1.54, 1.807) is 4.90 Å². The van der Waals surface area contributed by atoms with Crippen LogP contribution in [-0.2, 0) is 4.79 Å². The molecule has 0 aromatic heterocycles. The van der Waals surface area contributed by atoms with Crippen molar-refractivity contribution >= 4 is 5.91 Å². The highest BCUT2D eigenvalue weighted by Gasteiger charge is 2.12. The van der Waals surface area contributed by atoms with Crippen LogP contribution in [0, 0.1) is 0 Å². The standard InChI is InChI=1S/C24H49NO3/c1-2-3-4-5-6-7-8-9-10-11-12-13-14-15-16-19-24(28)25(20-17-22-26)21-18-23-27/h26-27H,2-23H2,1H3. The van der Waals surface area contributed by atoms with Crippen LogP contribution in [-0.4, -0.2) is 47.3 Å². The molecule has 0 unspecified atom stereocenters. The second kappa shape index (κ2) is 22.7. The largest absolute Gasteiger partial charge is 0.396 e. The summed E-state index contributed by atoms with van der Waals surface area (Å²) in [6.45, 7) is 3.71. The van der Waals surface area contributed by atoms with Gasteiger partial charge >= 0.3 is 0 Å². The van der Waals surface area contributed by atoms with E-state index < -0.39 is 0 Å². The maximum atomic E-state index is 12.3. The zero-order chi connectivity index (χ0) is 20.7. The third kappa shape index (κ3) is 18.7. The molecule has 28 heavy (non-hydrogen) atoms. The Bertz CT molecular complexity index is 315. The highest BCUT2D eigenvalue weighted by molar-refractivity contribution is 5.76. The Kier molecular flexibility index (Phi) is 22.2. The van der Waals surface area contributed by atoms with Gasteiger partial charge in [0, 0.05) is 32.7 Å². The van der Waals surface area contributed by atoms with Crippen LogP contribution in [0.1, 0.15) is 122 Å². The van der Waals surface area contributed by atoms with Crippen LogP contribution in [0.15, 0.2) is 0 Å². The summed E-state index contributed by atoms with van der Waals surface area (Å²) in [6.07, 6.45) is 21.8. The zero-order valence-electron chi connectivity index (χ0n) is 18.8. The van der Waals surface area contributed by atoms with Crippen molar-refractivity contribution in [2.75, 3.05) is 26.3 Å². The smallest absolute Gasteiger partial charge is 0.222 e. The molecule has 0 spiro atoms. The summed E-state index contributed by atoms with van der Waals surface area (Å²) in [5, 5.41) is 17.9. The van der Waals surface area contributed by atoms with E-state index >= 15 is 0 Å². The molecule has 0 saturated carbocycles. The minimum atomic E-state index is 0.113. The SMILES string of the molecule is CCCCCCCCCCCCCCCCCC(=O)N(CCCO)CCCO. The topological polar surface area (TPSA) is 60.8 Å². The van der Waals surface area contributed by atoms with E-state index in [0.717, 1.165) is 12.8 Å². The first-order valence-corrected chi connectivity index (χ1v) is 12.3. The molecular weight excluding hydrogens is 350 g/mol. The molecule has 0 bridgehead atoms. The van der Waals surface area contributed by atoms with E-state index in [4.69, 9.17) is 10.2 Å². The molecule has 0 heterocycles. The molecule has 0 rings (SSSR count). The van der Waals surface area contributed by atoms with Crippen LogP contribution in [0.5, 0.6) is 0 Å². The van der Waals surface area contributed by atoms with E-state index in [1.807, 2.05) is 0 Å². The Hall–Kier alpha value is -0.610. The van der Waals surface area contributed by atoms with Crippen LogP contribution in [0.4, 0.5) is 0 Å². The van der Waals surface area contributed by atoms with Gasteiger partial charge < -0.3 is 15.1 Å². The van der Waals surface area contributed by atoms with Gasteiger partial charge in [-0.05, 0) is 19.3 Å². The predicted molar refractivity (Wildman–Crippen MR) is 120 cm³/mol. The third-order valence-corrected chi connectivity index (χ3v) is 5.52. The number of carbonyl (C=O) groups excluding carboxylic acids is 1. The summed E-state index contributed by atoms with van der Waals surface area (Å²) in [4.78, 5) is 14.1. The summed E-state index contributed by atoms with van der Waals surface area (Å²) in [5.74, 6) is 0.177. The fourth-order valence-electron chi connectivity index (χ4n) is 3.69. The van der Waals surface area contributed by atoms with E-state index in [9.17, 15) is 4.79 Å². The van der Waals surface area contributed by atoms with E-state index in [2.05, 4.69) is 6.92 Å². The van der Waals surface area contributed by atoms with Gasteiger partial charge in [-0.1, -0.05) is 96.8 Å². The molecule has 0 aliphatic rings. The molecule has 168 valence electrons. The van der Waals surface area contributed by atoms with Crippen LogP contribution < -0.4 is 0 Å².